The van der Waals surface area contributed by atoms with Crippen molar-refractivity contribution in [2.45, 2.75) is 51.7 Å². The number of ether oxygens (including phenoxy) is 2. The molecule has 1 atom stereocenters. The Labute approximate surface area is 177 Å². The number of anilines is 1. The number of aryl methyl sites for hydroxylation is 1. The molecule has 0 aromatic carbocycles. The zero-order valence-electron chi connectivity index (χ0n) is 18.0. The van der Waals surface area contributed by atoms with Crippen molar-refractivity contribution in [3.8, 4) is 23.0 Å². The van der Waals surface area contributed by atoms with Gasteiger partial charge in [0.05, 0.1) is 37.8 Å². The molecule has 1 saturated heterocycles. The zero-order chi connectivity index (χ0) is 21.3. The van der Waals surface area contributed by atoms with E-state index in [1.54, 1.807) is 20.3 Å². The summed E-state index contributed by atoms with van der Waals surface area (Å²) in [5.41, 5.74) is 9.42. The summed E-state index contributed by atoms with van der Waals surface area (Å²) >= 11 is 0. The Morgan fingerprint density at radius 1 is 1.13 bits per heavy atom. The number of aliphatic hydroxyl groups is 1. The minimum atomic E-state index is -0.178. The minimum absolute atomic E-state index is 0.178. The maximum Gasteiger partial charge on any atom is 0.226 e. The predicted octanol–water partition coefficient (Wildman–Crippen LogP) is 2.45. The number of rotatable bonds is 5. The summed E-state index contributed by atoms with van der Waals surface area (Å²) < 4.78 is 10.6. The summed E-state index contributed by atoms with van der Waals surface area (Å²) in [5.74, 6) is 1.65. The average molecular weight is 414 g/mol. The molecule has 2 fully saturated rings. The van der Waals surface area contributed by atoms with Crippen LogP contribution < -0.4 is 20.1 Å². The number of nitrogens with two attached hydrogens (primary N) is 1. The van der Waals surface area contributed by atoms with Crippen molar-refractivity contribution in [1.82, 2.24) is 15.0 Å². The second kappa shape index (κ2) is 8.35. The standard InChI is InChI=1S/C22H31N5O3/c1-14-19(15-6-7-18(29-2)26-21(15)30-3)25-16(13-28)20(24-14)27-11-9-22(10-12-27)8-4-5-17(22)23/h6-7,17,28H,4-5,8-13,23H2,1-3H3/t17-/m1/s1. The minimum Gasteiger partial charge on any atom is -0.481 e. The fraction of sp³-hybridized carbons (Fsp3) is 0.591. The van der Waals surface area contributed by atoms with Crippen molar-refractivity contribution in [3.63, 3.8) is 0 Å². The van der Waals surface area contributed by atoms with E-state index in [1.807, 2.05) is 13.0 Å². The van der Waals surface area contributed by atoms with Gasteiger partial charge < -0.3 is 25.2 Å². The topological polar surface area (TPSA) is 107 Å². The van der Waals surface area contributed by atoms with Gasteiger partial charge in [-0.3, -0.25) is 0 Å². The van der Waals surface area contributed by atoms with Gasteiger partial charge >= 0.3 is 0 Å². The zero-order valence-corrected chi connectivity index (χ0v) is 18.0. The summed E-state index contributed by atoms with van der Waals surface area (Å²) in [4.78, 5) is 16.2. The molecule has 4 rings (SSSR count). The molecule has 0 amide bonds. The van der Waals surface area contributed by atoms with Gasteiger partial charge in [-0.05, 0) is 44.1 Å². The summed E-state index contributed by atoms with van der Waals surface area (Å²) in [7, 11) is 3.12. The van der Waals surface area contributed by atoms with Gasteiger partial charge in [0.2, 0.25) is 11.8 Å². The number of methoxy groups -OCH3 is 2. The van der Waals surface area contributed by atoms with Crippen LogP contribution in [0.15, 0.2) is 12.1 Å². The van der Waals surface area contributed by atoms with Gasteiger partial charge in [-0.15, -0.1) is 0 Å². The van der Waals surface area contributed by atoms with E-state index in [4.69, 9.17) is 25.2 Å². The predicted molar refractivity (Wildman–Crippen MR) is 115 cm³/mol. The van der Waals surface area contributed by atoms with Crippen molar-refractivity contribution in [3.05, 3.63) is 23.5 Å². The van der Waals surface area contributed by atoms with Gasteiger partial charge in [-0.25, -0.2) is 9.97 Å². The number of nitrogens with zero attached hydrogens (tertiary/aromatic N) is 4. The van der Waals surface area contributed by atoms with Crippen LogP contribution in [0, 0.1) is 12.3 Å². The van der Waals surface area contributed by atoms with Gasteiger partial charge in [-0.1, -0.05) is 6.42 Å². The Bertz CT molecular complexity index is 912. The van der Waals surface area contributed by atoms with Gasteiger partial charge in [0.15, 0.2) is 5.82 Å². The second-order valence-corrected chi connectivity index (χ2v) is 8.34. The maximum atomic E-state index is 10.1. The van der Waals surface area contributed by atoms with Crippen LogP contribution in [0.25, 0.3) is 11.3 Å². The van der Waals surface area contributed by atoms with Crippen LogP contribution in [0.1, 0.15) is 43.5 Å². The van der Waals surface area contributed by atoms with E-state index in [1.165, 1.54) is 12.8 Å². The summed E-state index contributed by atoms with van der Waals surface area (Å²) in [6.07, 6.45) is 5.72. The molecule has 1 aliphatic carbocycles. The summed E-state index contributed by atoms with van der Waals surface area (Å²) in [5, 5.41) is 10.1. The highest BCUT2D eigenvalue weighted by molar-refractivity contribution is 5.69. The third kappa shape index (κ3) is 3.58. The molecule has 0 bridgehead atoms. The third-order valence-electron chi connectivity index (χ3n) is 6.80. The lowest BCUT2D eigenvalue weighted by Crippen LogP contribution is -2.47. The molecule has 3 N–H and O–H groups in total. The van der Waals surface area contributed by atoms with E-state index >= 15 is 0 Å². The van der Waals surface area contributed by atoms with Gasteiger partial charge in [-0.2, -0.15) is 4.98 Å². The Morgan fingerprint density at radius 3 is 2.50 bits per heavy atom. The molecule has 30 heavy (non-hydrogen) atoms. The Balaban J connectivity index is 1.64. The highest BCUT2D eigenvalue weighted by Crippen LogP contribution is 2.46. The van der Waals surface area contributed by atoms with E-state index in [0.29, 0.717) is 29.2 Å². The van der Waals surface area contributed by atoms with Crippen molar-refractivity contribution in [2.24, 2.45) is 11.1 Å². The lowest BCUT2D eigenvalue weighted by molar-refractivity contribution is 0.196. The van der Waals surface area contributed by atoms with E-state index in [0.717, 1.165) is 49.4 Å². The van der Waals surface area contributed by atoms with Gasteiger partial charge in [0.1, 0.15) is 5.69 Å². The van der Waals surface area contributed by atoms with Crippen molar-refractivity contribution < 1.29 is 14.6 Å². The smallest absolute Gasteiger partial charge is 0.226 e. The molecule has 1 spiro atoms. The molecule has 3 heterocycles. The molecular weight excluding hydrogens is 382 g/mol. The number of piperidine rings is 1. The number of hydrogen-bond acceptors (Lipinski definition) is 8. The Morgan fingerprint density at radius 2 is 1.90 bits per heavy atom. The van der Waals surface area contributed by atoms with Gasteiger partial charge in [0, 0.05) is 25.2 Å². The van der Waals surface area contributed by atoms with E-state index in [9.17, 15) is 5.11 Å². The van der Waals surface area contributed by atoms with E-state index in [2.05, 4.69) is 9.88 Å². The van der Waals surface area contributed by atoms with Crippen LogP contribution in [0.2, 0.25) is 0 Å². The molecule has 1 aliphatic heterocycles. The van der Waals surface area contributed by atoms with Gasteiger partial charge in [0.25, 0.3) is 0 Å². The Kier molecular flexibility index (Phi) is 5.79. The average Bonchev–Trinajstić information content (AvgIpc) is 3.13. The number of aliphatic hydroxyl groups excluding tert-OH is 1. The quantitative estimate of drug-likeness (QED) is 0.770. The Hall–Kier alpha value is -2.45. The van der Waals surface area contributed by atoms with Crippen molar-refractivity contribution in [1.29, 1.82) is 0 Å². The molecule has 0 radical (unpaired) electrons. The first-order valence-electron chi connectivity index (χ1n) is 10.6. The lowest BCUT2D eigenvalue weighted by Gasteiger charge is -2.42. The van der Waals surface area contributed by atoms with Crippen molar-refractivity contribution in [2.75, 3.05) is 32.2 Å². The largest absolute Gasteiger partial charge is 0.481 e. The van der Waals surface area contributed by atoms with Crippen LogP contribution in [-0.4, -0.2) is 53.4 Å². The first kappa shape index (κ1) is 20.8. The summed E-state index contributed by atoms with van der Waals surface area (Å²) in [6.45, 7) is 3.53. The normalized spacial score (nSPS) is 20.6. The third-order valence-corrected chi connectivity index (χ3v) is 6.80. The first-order chi connectivity index (χ1) is 14.5. The molecule has 8 nitrogen and oxygen atoms in total. The molecule has 1 saturated carbocycles. The molecule has 162 valence electrons. The highest BCUT2D eigenvalue weighted by Gasteiger charge is 2.43. The van der Waals surface area contributed by atoms with Crippen LogP contribution in [0.4, 0.5) is 5.82 Å². The molecule has 8 heteroatoms. The number of pyridine rings is 1. The second-order valence-electron chi connectivity index (χ2n) is 8.34. The number of hydrogen-bond donors (Lipinski definition) is 2. The van der Waals surface area contributed by atoms with E-state index in [-0.39, 0.29) is 12.0 Å². The fourth-order valence-corrected chi connectivity index (χ4v) is 4.98. The van der Waals surface area contributed by atoms with Crippen LogP contribution in [0.5, 0.6) is 11.8 Å². The highest BCUT2D eigenvalue weighted by atomic mass is 16.5. The molecular formula is C22H31N5O3. The van der Waals surface area contributed by atoms with E-state index < -0.39 is 0 Å². The molecule has 2 aromatic heterocycles. The van der Waals surface area contributed by atoms with Crippen molar-refractivity contribution >= 4 is 5.82 Å². The summed E-state index contributed by atoms with van der Waals surface area (Å²) in [6, 6.07) is 3.93. The van der Waals surface area contributed by atoms with Crippen LogP contribution >= 0.6 is 0 Å². The maximum absolute atomic E-state index is 10.1. The van der Waals surface area contributed by atoms with Crippen LogP contribution in [-0.2, 0) is 6.61 Å². The first-order valence-corrected chi connectivity index (χ1v) is 10.6. The molecule has 2 aliphatic rings. The lowest BCUT2D eigenvalue weighted by atomic mass is 9.74. The van der Waals surface area contributed by atoms with Crippen LogP contribution in [0.3, 0.4) is 0 Å². The SMILES string of the molecule is COc1ccc(-c2nc(CO)c(N3CCC4(CCC[C@H]4N)CC3)nc2C)c(OC)n1. The monoisotopic (exact) mass is 413 g/mol. The fourth-order valence-electron chi connectivity index (χ4n) is 4.98. The molecule has 2 aromatic rings. The number of aromatic nitrogens is 3. The molecule has 0 unspecified atom stereocenters.